The molecule has 19 heavy (non-hydrogen) atoms. The second-order valence-corrected chi connectivity index (χ2v) is 5.55. The Labute approximate surface area is 114 Å². The van der Waals surface area contributed by atoms with Crippen LogP contribution in [0.1, 0.15) is 51.1 Å². The van der Waals surface area contributed by atoms with Gasteiger partial charge in [0.2, 0.25) is 0 Å². The molecule has 0 saturated heterocycles. The Morgan fingerprint density at radius 3 is 2.68 bits per heavy atom. The maximum absolute atomic E-state index is 10.8. The summed E-state index contributed by atoms with van der Waals surface area (Å²) < 4.78 is 0. The molecular weight excluding hydrogens is 240 g/mol. The van der Waals surface area contributed by atoms with Crippen molar-refractivity contribution in [2.24, 2.45) is 5.41 Å². The summed E-state index contributed by atoms with van der Waals surface area (Å²) in [5, 5.41) is 14.4. The number of nitro groups is 1. The Morgan fingerprint density at radius 2 is 2.16 bits per heavy atom. The van der Waals surface area contributed by atoms with Crippen molar-refractivity contribution in [3.05, 3.63) is 39.9 Å². The Balaban J connectivity index is 2.04. The fraction of sp³-hybridized carbons (Fsp3) is 0.600. The summed E-state index contributed by atoms with van der Waals surface area (Å²) in [7, 11) is 0. The summed E-state index contributed by atoms with van der Waals surface area (Å²) in [5.41, 5.74) is 1.69. The van der Waals surface area contributed by atoms with E-state index < -0.39 is 0 Å². The van der Waals surface area contributed by atoms with Gasteiger partial charge in [-0.3, -0.25) is 10.1 Å². The Bertz CT molecular complexity index is 455. The minimum absolute atomic E-state index is 0.175. The number of non-ortho nitro benzene ring substituents is 1. The summed E-state index contributed by atoms with van der Waals surface area (Å²) in [6, 6.07) is 7.19. The molecule has 1 aliphatic carbocycles. The van der Waals surface area contributed by atoms with Gasteiger partial charge >= 0.3 is 0 Å². The molecule has 4 nitrogen and oxygen atoms in total. The monoisotopic (exact) mass is 262 g/mol. The number of benzene rings is 1. The van der Waals surface area contributed by atoms with Gasteiger partial charge in [0.25, 0.3) is 5.69 Å². The minimum atomic E-state index is -0.329. The van der Waals surface area contributed by atoms with Crippen LogP contribution in [0.3, 0.4) is 0 Å². The zero-order valence-corrected chi connectivity index (χ0v) is 11.7. The van der Waals surface area contributed by atoms with Gasteiger partial charge in [-0.2, -0.15) is 0 Å². The lowest BCUT2D eigenvalue weighted by Crippen LogP contribution is -2.27. The molecule has 0 radical (unpaired) electrons. The second kappa shape index (κ2) is 5.70. The topological polar surface area (TPSA) is 55.2 Å². The van der Waals surface area contributed by atoms with Crippen molar-refractivity contribution in [2.45, 2.75) is 45.6 Å². The van der Waals surface area contributed by atoms with Crippen LogP contribution >= 0.6 is 0 Å². The molecule has 1 aromatic carbocycles. The maximum atomic E-state index is 10.8. The highest BCUT2D eigenvalue weighted by Gasteiger charge is 2.40. The van der Waals surface area contributed by atoms with Crippen molar-refractivity contribution in [2.75, 3.05) is 6.54 Å². The van der Waals surface area contributed by atoms with Gasteiger partial charge in [0.05, 0.1) is 4.92 Å². The van der Waals surface area contributed by atoms with Crippen LogP contribution in [-0.4, -0.2) is 11.5 Å². The number of nitrogens with zero attached hydrogens (tertiary/aromatic N) is 1. The van der Waals surface area contributed by atoms with Gasteiger partial charge in [-0.15, -0.1) is 0 Å². The molecule has 0 amide bonds. The smallest absolute Gasteiger partial charge is 0.269 e. The first kappa shape index (κ1) is 14.0. The van der Waals surface area contributed by atoms with E-state index in [2.05, 4.69) is 19.2 Å². The Hall–Kier alpha value is -1.42. The molecule has 4 heteroatoms. The number of hydrogen-bond donors (Lipinski definition) is 1. The van der Waals surface area contributed by atoms with Crippen LogP contribution in [0.2, 0.25) is 0 Å². The first-order valence-electron chi connectivity index (χ1n) is 7.08. The third-order valence-corrected chi connectivity index (χ3v) is 4.32. The van der Waals surface area contributed by atoms with Gasteiger partial charge in [0.1, 0.15) is 0 Å². The summed E-state index contributed by atoms with van der Waals surface area (Å²) in [4.78, 5) is 10.5. The van der Waals surface area contributed by atoms with E-state index in [1.807, 2.05) is 6.07 Å². The minimum Gasteiger partial charge on any atom is -0.309 e. The lowest BCUT2D eigenvalue weighted by Gasteiger charge is -2.21. The van der Waals surface area contributed by atoms with E-state index in [4.69, 9.17) is 0 Å². The third-order valence-electron chi connectivity index (χ3n) is 4.32. The molecule has 104 valence electrons. The van der Waals surface area contributed by atoms with E-state index in [9.17, 15) is 10.1 Å². The average molecular weight is 262 g/mol. The van der Waals surface area contributed by atoms with Crippen molar-refractivity contribution < 1.29 is 4.92 Å². The zero-order chi connectivity index (χ0) is 13.9. The SMILES string of the molecule is CCC(NCC1(CC)CC1)c1cccc([N+](=O)[O-])c1. The number of nitro benzene ring substituents is 1. The summed E-state index contributed by atoms with van der Waals surface area (Å²) in [6.45, 7) is 5.37. The van der Waals surface area contributed by atoms with E-state index in [1.54, 1.807) is 18.2 Å². The summed E-state index contributed by atoms with van der Waals surface area (Å²) in [5.74, 6) is 0. The van der Waals surface area contributed by atoms with Crippen LogP contribution in [0, 0.1) is 15.5 Å². The number of rotatable bonds is 7. The Kier molecular flexibility index (Phi) is 4.20. The van der Waals surface area contributed by atoms with Crippen LogP contribution < -0.4 is 5.32 Å². The molecule has 1 N–H and O–H groups in total. The summed E-state index contributed by atoms with van der Waals surface area (Å²) in [6.07, 6.45) is 4.77. The van der Waals surface area contributed by atoms with E-state index in [0.717, 1.165) is 18.5 Å². The van der Waals surface area contributed by atoms with Crippen LogP contribution in [0.15, 0.2) is 24.3 Å². The fourth-order valence-corrected chi connectivity index (χ4v) is 2.52. The molecule has 0 aromatic heterocycles. The first-order valence-corrected chi connectivity index (χ1v) is 7.08. The van der Waals surface area contributed by atoms with Gasteiger partial charge in [-0.05, 0) is 36.7 Å². The Morgan fingerprint density at radius 1 is 1.42 bits per heavy atom. The molecule has 0 spiro atoms. The van der Waals surface area contributed by atoms with Crippen LogP contribution in [0.4, 0.5) is 5.69 Å². The van der Waals surface area contributed by atoms with Crippen molar-refractivity contribution >= 4 is 5.69 Å². The van der Waals surface area contributed by atoms with Crippen molar-refractivity contribution in [1.82, 2.24) is 5.32 Å². The average Bonchev–Trinajstić information content (AvgIpc) is 3.20. The number of hydrogen-bond acceptors (Lipinski definition) is 3. The van der Waals surface area contributed by atoms with Gasteiger partial charge in [0.15, 0.2) is 0 Å². The lowest BCUT2D eigenvalue weighted by atomic mass is 10.00. The molecule has 1 atom stereocenters. The maximum Gasteiger partial charge on any atom is 0.269 e. The van der Waals surface area contributed by atoms with Gasteiger partial charge in [-0.25, -0.2) is 0 Å². The largest absolute Gasteiger partial charge is 0.309 e. The van der Waals surface area contributed by atoms with Gasteiger partial charge in [0, 0.05) is 24.7 Å². The molecular formula is C15H22N2O2. The van der Waals surface area contributed by atoms with E-state index in [0.29, 0.717) is 5.41 Å². The normalized spacial score (nSPS) is 18.0. The predicted molar refractivity (Wildman–Crippen MR) is 76.1 cm³/mol. The molecule has 0 bridgehead atoms. The second-order valence-electron chi connectivity index (χ2n) is 5.55. The van der Waals surface area contributed by atoms with Crippen LogP contribution in [-0.2, 0) is 0 Å². The van der Waals surface area contributed by atoms with Crippen LogP contribution in [0.5, 0.6) is 0 Å². The quantitative estimate of drug-likeness (QED) is 0.600. The fourth-order valence-electron chi connectivity index (χ4n) is 2.52. The molecule has 1 unspecified atom stereocenters. The highest BCUT2D eigenvalue weighted by atomic mass is 16.6. The van der Waals surface area contributed by atoms with Crippen molar-refractivity contribution in [1.29, 1.82) is 0 Å². The molecule has 1 saturated carbocycles. The molecule has 0 heterocycles. The van der Waals surface area contributed by atoms with Gasteiger partial charge < -0.3 is 5.32 Å². The van der Waals surface area contributed by atoms with E-state index in [1.165, 1.54) is 19.3 Å². The standard InChI is InChI=1S/C15H22N2O2/c1-3-14(16-11-15(4-2)8-9-15)12-6-5-7-13(10-12)17(18)19/h5-7,10,14,16H,3-4,8-9,11H2,1-2H3. The van der Waals surface area contributed by atoms with Crippen molar-refractivity contribution in [3.8, 4) is 0 Å². The highest BCUT2D eigenvalue weighted by molar-refractivity contribution is 5.35. The third kappa shape index (κ3) is 3.32. The highest BCUT2D eigenvalue weighted by Crippen LogP contribution is 2.48. The van der Waals surface area contributed by atoms with Gasteiger partial charge in [-0.1, -0.05) is 26.0 Å². The molecule has 0 aliphatic heterocycles. The van der Waals surface area contributed by atoms with Crippen LogP contribution in [0.25, 0.3) is 0 Å². The lowest BCUT2D eigenvalue weighted by molar-refractivity contribution is -0.384. The van der Waals surface area contributed by atoms with Crippen molar-refractivity contribution in [3.63, 3.8) is 0 Å². The molecule has 1 fully saturated rings. The van der Waals surface area contributed by atoms with E-state index >= 15 is 0 Å². The summed E-state index contributed by atoms with van der Waals surface area (Å²) >= 11 is 0. The number of nitrogens with one attached hydrogen (secondary N) is 1. The van der Waals surface area contributed by atoms with E-state index in [-0.39, 0.29) is 16.7 Å². The molecule has 1 aromatic rings. The molecule has 2 rings (SSSR count). The predicted octanol–water partition coefficient (Wildman–Crippen LogP) is 3.83. The first-order chi connectivity index (χ1) is 9.10. The molecule has 1 aliphatic rings. The zero-order valence-electron chi connectivity index (χ0n) is 11.7.